The number of hydrogen-bond donors (Lipinski definition) is 0. The Morgan fingerprint density at radius 1 is 0.952 bits per heavy atom. The van der Waals surface area contributed by atoms with Crippen LogP contribution >= 0.6 is 11.6 Å². The maximum atomic E-state index is 12.4. The lowest BCUT2D eigenvalue weighted by atomic mass is 9.89. The lowest BCUT2D eigenvalue weighted by Crippen LogP contribution is -2.37. The van der Waals surface area contributed by atoms with Gasteiger partial charge in [-0.05, 0) is 48.6 Å². The monoisotopic (exact) mass is 299 g/mol. The number of piperidine rings is 1. The third-order valence-corrected chi connectivity index (χ3v) is 4.40. The molecule has 0 saturated carbocycles. The van der Waals surface area contributed by atoms with Crippen LogP contribution in [0.5, 0.6) is 0 Å². The summed E-state index contributed by atoms with van der Waals surface area (Å²) in [5, 5.41) is 0.661. The first-order valence-corrected chi connectivity index (χ1v) is 7.71. The minimum atomic E-state index is 0.109. The summed E-state index contributed by atoms with van der Waals surface area (Å²) < 4.78 is 0. The van der Waals surface area contributed by atoms with Crippen LogP contribution in [0.3, 0.4) is 0 Å². The molecule has 0 bridgehead atoms. The highest BCUT2D eigenvalue weighted by atomic mass is 35.5. The van der Waals surface area contributed by atoms with Crippen molar-refractivity contribution >= 4 is 17.5 Å². The van der Waals surface area contributed by atoms with Gasteiger partial charge in [0, 0.05) is 23.7 Å². The van der Waals surface area contributed by atoms with Crippen molar-refractivity contribution in [3.05, 3.63) is 70.7 Å². The van der Waals surface area contributed by atoms with Gasteiger partial charge < -0.3 is 4.90 Å². The van der Waals surface area contributed by atoms with Gasteiger partial charge in [0.1, 0.15) is 0 Å². The van der Waals surface area contributed by atoms with E-state index in [0.717, 1.165) is 31.5 Å². The smallest absolute Gasteiger partial charge is 0.253 e. The van der Waals surface area contributed by atoms with Crippen LogP contribution in [-0.2, 0) is 0 Å². The zero-order valence-corrected chi connectivity index (χ0v) is 12.6. The van der Waals surface area contributed by atoms with E-state index in [1.165, 1.54) is 5.56 Å². The highest BCUT2D eigenvalue weighted by Crippen LogP contribution is 2.28. The molecule has 1 aliphatic heterocycles. The SMILES string of the molecule is O=C(c1ccc(Cl)cc1)N1CCC(c2ccccc2)CC1. The average molecular weight is 300 g/mol. The van der Waals surface area contributed by atoms with E-state index in [-0.39, 0.29) is 5.91 Å². The molecule has 0 aromatic heterocycles. The first kappa shape index (κ1) is 14.2. The van der Waals surface area contributed by atoms with Gasteiger partial charge in [0.05, 0.1) is 0 Å². The maximum absolute atomic E-state index is 12.4. The Kier molecular flexibility index (Phi) is 4.26. The van der Waals surface area contributed by atoms with Crippen molar-refractivity contribution in [3.8, 4) is 0 Å². The first-order chi connectivity index (χ1) is 10.2. The van der Waals surface area contributed by atoms with E-state index in [2.05, 4.69) is 24.3 Å². The number of hydrogen-bond acceptors (Lipinski definition) is 1. The minimum Gasteiger partial charge on any atom is -0.339 e. The fourth-order valence-corrected chi connectivity index (χ4v) is 3.04. The standard InChI is InChI=1S/C18H18ClNO/c19-17-8-6-16(7-9-17)18(21)20-12-10-15(11-13-20)14-4-2-1-3-5-14/h1-9,15H,10-13H2. The van der Waals surface area contributed by atoms with E-state index in [1.807, 2.05) is 11.0 Å². The summed E-state index contributed by atoms with van der Waals surface area (Å²) in [5.74, 6) is 0.679. The second kappa shape index (κ2) is 6.31. The molecule has 0 unspecified atom stereocenters. The molecule has 21 heavy (non-hydrogen) atoms. The van der Waals surface area contributed by atoms with Gasteiger partial charge in [0.2, 0.25) is 0 Å². The van der Waals surface area contributed by atoms with Gasteiger partial charge in [0.15, 0.2) is 0 Å². The number of benzene rings is 2. The summed E-state index contributed by atoms with van der Waals surface area (Å²) in [6.07, 6.45) is 2.06. The molecule has 1 heterocycles. The summed E-state index contributed by atoms with van der Waals surface area (Å²) in [6.45, 7) is 1.64. The second-order valence-electron chi connectivity index (χ2n) is 5.48. The summed E-state index contributed by atoms with van der Waals surface area (Å²) >= 11 is 5.86. The van der Waals surface area contributed by atoms with Crippen LogP contribution in [0, 0.1) is 0 Å². The van der Waals surface area contributed by atoms with Crippen molar-refractivity contribution in [2.24, 2.45) is 0 Å². The molecule has 1 aliphatic rings. The Balaban J connectivity index is 1.63. The molecule has 3 rings (SSSR count). The number of carbonyl (C=O) groups is 1. The van der Waals surface area contributed by atoms with Crippen LogP contribution in [0.25, 0.3) is 0 Å². The molecule has 1 amide bonds. The van der Waals surface area contributed by atoms with Gasteiger partial charge in [0.25, 0.3) is 5.91 Å². The highest BCUT2D eigenvalue weighted by Gasteiger charge is 2.24. The van der Waals surface area contributed by atoms with E-state index in [4.69, 9.17) is 11.6 Å². The van der Waals surface area contributed by atoms with Crippen LogP contribution < -0.4 is 0 Å². The summed E-state index contributed by atoms with van der Waals surface area (Å²) in [5.41, 5.74) is 2.11. The molecule has 2 aromatic carbocycles. The van der Waals surface area contributed by atoms with Gasteiger partial charge in [-0.25, -0.2) is 0 Å². The number of carbonyl (C=O) groups excluding carboxylic acids is 1. The van der Waals surface area contributed by atoms with Gasteiger partial charge >= 0.3 is 0 Å². The minimum absolute atomic E-state index is 0.109. The molecule has 1 saturated heterocycles. The fourth-order valence-electron chi connectivity index (χ4n) is 2.92. The normalized spacial score (nSPS) is 16.0. The average Bonchev–Trinajstić information content (AvgIpc) is 2.56. The topological polar surface area (TPSA) is 20.3 Å². The Morgan fingerprint density at radius 2 is 1.57 bits per heavy atom. The number of amides is 1. The summed E-state index contributed by atoms with van der Waals surface area (Å²) in [4.78, 5) is 14.4. The van der Waals surface area contributed by atoms with E-state index < -0.39 is 0 Å². The molecule has 0 spiro atoms. The van der Waals surface area contributed by atoms with E-state index in [9.17, 15) is 4.79 Å². The number of rotatable bonds is 2. The predicted molar refractivity (Wildman–Crippen MR) is 85.8 cm³/mol. The lowest BCUT2D eigenvalue weighted by Gasteiger charge is -2.32. The van der Waals surface area contributed by atoms with Crippen LogP contribution in [0.1, 0.15) is 34.7 Å². The van der Waals surface area contributed by atoms with Crippen LogP contribution in [-0.4, -0.2) is 23.9 Å². The second-order valence-corrected chi connectivity index (χ2v) is 5.92. The molecule has 0 N–H and O–H groups in total. The zero-order chi connectivity index (χ0) is 14.7. The van der Waals surface area contributed by atoms with Crippen LogP contribution in [0.4, 0.5) is 0 Å². The summed E-state index contributed by atoms with van der Waals surface area (Å²) in [7, 11) is 0. The quantitative estimate of drug-likeness (QED) is 0.807. The molecule has 1 fully saturated rings. The Morgan fingerprint density at radius 3 is 2.19 bits per heavy atom. The van der Waals surface area contributed by atoms with Gasteiger partial charge in [-0.2, -0.15) is 0 Å². The molecule has 3 heteroatoms. The largest absolute Gasteiger partial charge is 0.339 e. The van der Waals surface area contributed by atoms with Crippen LogP contribution in [0.2, 0.25) is 5.02 Å². The fraction of sp³-hybridized carbons (Fsp3) is 0.278. The first-order valence-electron chi connectivity index (χ1n) is 7.34. The molecule has 0 aliphatic carbocycles. The zero-order valence-electron chi connectivity index (χ0n) is 11.8. The third kappa shape index (κ3) is 3.27. The molecule has 108 valence electrons. The molecular formula is C18H18ClNO. The van der Waals surface area contributed by atoms with Crippen molar-refractivity contribution in [2.75, 3.05) is 13.1 Å². The Labute approximate surface area is 130 Å². The van der Waals surface area contributed by atoms with Crippen molar-refractivity contribution < 1.29 is 4.79 Å². The van der Waals surface area contributed by atoms with Gasteiger partial charge in [-0.1, -0.05) is 41.9 Å². The van der Waals surface area contributed by atoms with Gasteiger partial charge in [-0.3, -0.25) is 4.79 Å². The highest BCUT2D eigenvalue weighted by molar-refractivity contribution is 6.30. The van der Waals surface area contributed by atoms with Crippen molar-refractivity contribution in [1.29, 1.82) is 0 Å². The maximum Gasteiger partial charge on any atom is 0.253 e. The van der Waals surface area contributed by atoms with Crippen molar-refractivity contribution in [2.45, 2.75) is 18.8 Å². The lowest BCUT2D eigenvalue weighted by molar-refractivity contribution is 0.0713. The molecule has 2 aromatic rings. The molecule has 0 radical (unpaired) electrons. The van der Waals surface area contributed by atoms with E-state index in [1.54, 1.807) is 24.3 Å². The van der Waals surface area contributed by atoms with Crippen LogP contribution in [0.15, 0.2) is 54.6 Å². The Bertz CT molecular complexity index is 601. The number of halogens is 1. The molecule has 2 nitrogen and oxygen atoms in total. The molecule has 0 atom stereocenters. The predicted octanol–water partition coefficient (Wildman–Crippen LogP) is 4.36. The molecular weight excluding hydrogens is 282 g/mol. The van der Waals surface area contributed by atoms with E-state index in [0.29, 0.717) is 10.9 Å². The van der Waals surface area contributed by atoms with Crippen molar-refractivity contribution in [3.63, 3.8) is 0 Å². The van der Waals surface area contributed by atoms with E-state index >= 15 is 0 Å². The summed E-state index contributed by atoms with van der Waals surface area (Å²) in [6, 6.07) is 17.7. The number of nitrogens with zero attached hydrogens (tertiary/aromatic N) is 1. The number of likely N-dealkylation sites (tertiary alicyclic amines) is 1. The Hall–Kier alpha value is -1.80. The van der Waals surface area contributed by atoms with Crippen molar-refractivity contribution in [1.82, 2.24) is 4.90 Å². The van der Waals surface area contributed by atoms with Gasteiger partial charge in [-0.15, -0.1) is 0 Å². The third-order valence-electron chi connectivity index (χ3n) is 4.14.